The second-order valence-corrected chi connectivity index (χ2v) is 10.7. The average Bonchev–Trinajstić information content (AvgIpc) is 3.35. The average molecular weight is 450 g/mol. The van der Waals surface area contributed by atoms with E-state index < -0.39 is 22.5 Å². The first-order valence-corrected chi connectivity index (χ1v) is 11.6. The van der Waals surface area contributed by atoms with Gasteiger partial charge in [0.15, 0.2) is 0 Å². The molecule has 4 aliphatic heterocycles. The summed E-state index contributed by atoms with van der Waals surface area (Å²) in [6.07, 6.45) is 7.39. The molecule has 0 radical (unpaired) electrons. The predicted octanol–water partition coefficient (Wildman–Crippen LogP) is 3.15. The normalized spacial score (nSPS) is 29.6. The highest BCUT2D eigenvalue weighted by atomic mass is 16.5. The zero-order valence-corrected chi connectivity index (χ0v) is 19.7. The van der Waals surface area contributed by atoms with Crippen LogP contribution in [0.1, 0.15) is 58.1 Å². The molecule has 0 bridgehead atoms. The Labute approximate surface area is 194 Å². The predicted molar refractivity (Wildman–Crippen MR) is 126 cm³/mol. The first kappa shape index (κ1) is 21.7. The van der Waals surface area contributed by atoms with Crippen molar-refractivity contribution in [2.45, 2.75) is 70.1 Å². The molecule has 0 unspecified atom stereocenters. The molecule has 4 heterocycles. The van der Waals surface area contributed by atoms with Crippen LogP contribution in [-0.2, 0) is 19.8 Å². The number of nitrogens with zero attached hydrogens (tertiary/aromatic N) is 1. The Morgan fingerprint density at radius 3 is 2.76 bits per heavy atom. The molecule has 5 rings (SSSR count). The number of nitrogens with one attached hydrogen (secondary N) is 2. The van der Waals surface area contributed by atoms with E-state index in [0.29, 0.717) is 24.4 Å². The Bertz CT molecular complexity index is 1120. The van der Waals surface area contributed by atoms with Crippen LogP contribution in [0, 0.1) is 5.41 Å². The molecule has 3 amide bonds. The molecular formula is C26H31N3O4. The summed E-state index contributed by atoms with van der Waals surface area (Å²) in [7, 11) is 0. The molecule has 4 aliphatic rings. The summed E-state index contributed by atoms with van der Waals surface area (Å²) >= 11 is 0. The fraction of sp³-hybridized carbons (Fsp3) is 0.500. The van der Waals surface area contributed by atoms with Crippen molar-refractivity contribution in [3.8, 4) is 5.75 Å². The fourth-order valence-corrected chi connectivity index (χ4v) is 5.85. The zero-order chi connectivity index (χ0) is 23.8. The Kier molecular flexibility index (Phi) is 4.58. The zero-order valence-electron chi connectivity index (χ0n) is 19.7. The summed E-state index contributed by atoms with van der Waals surface area (Å²) < 4.78 is 6.11. The van der Waals surface area contributed by atoms with Crippen molar-refractivity contribution in [1.29, 1.82) is 0 Å². The van der Waals surface area contributed by atoms with Crippen molar-refractivity contribution in [1.82, 2.24) is 10.2 Å². The highest BCUT2D eigenvalue weighted by Gasteiger charge is 2.59. The molecule has 0 spiro atoms. The number of hydrogen-bond donors (Lipinski definition) is 2. The Morgan fingerprint density at radius 2 is 2.03 bits per heavy atom. The quantitative estimate of drug-likeness (QED) is 0.692. The van der Waals surface area contributed by atoms with E-state index in [0.717, 1.165) is 17.5 Å². The Hall–Kier alpha value is -3.09. The highest BCUT2D eigenvalue weighted by molar-refractivity contribution is 6.10. The van der Waals surface area contributed by atoms with Crippen LogP contribution in [-0.4, -0.2) is 46.9 Å². The van der Waals surface area contributed by atoms with Crippen LogP contribution in [0.25, 0.3) is 6.08 Å². The molecular weight excluding hydrogens is 418 g/mol. The van der Waals surface area contributed by atoms with Crippen molar-refractivity contribution in [2.24, 2.45) is 5.41 Å². The van der Waals surface area contributed by atoms with Gasteiger partial charge in [-0.05, 0) is 56.9 Å². The molecule has 1 aromatic rings. The number of benzene rings is 1. The largest absolute Gasteiger partial charge is 0.483 e. The van der Waals surface area contributed by atoms with Crippen LogP contribution in [0.2, 0.25) is 0 Å². The number of fused-ring (bicyclic) bond motifs is 4. The van der Waals surface area contributed by atoms with Crippen molar-refractivity contribution in [3.05, 3.63) is 42.0 Å². The third kappa shape index (κ3) is 2.97. The van der Waals surface area contributed by atoms with Crippen LogP contribution in [0.4, 0.5) is 5.69 Å². The second-order valence-electron chi connectivity index (χ2n) is 10.7. The van der Waals surface area contributed by atoms with Crippen LogP contribution >= 0.6 is 0 Å². The summed E-state index contributed by atoms with van der Waals surface area (Å²) in [5.74, 6) is 0.266. The number of hydrogen-bond acceptors (Lipinski definition) is 4. The molecule has 2 N–H and O–H groups in total. The molecule has 2 fully saturated rings. The van der Waals surface area contributed by atoms with Gasteiger partial charge in [0, 0.05) is 17.5 Å². The lowest BCUT2D eigenvalue weighted by atomic mass is 9.59. The third-order valence-electron chi connectivity index (χ3n) is 7.89. The van der Waals surface area contributed by atoms with E-state index in [9.17, 15) is 14.4 Å². The molecule has 0 saturated carbocycles. The number of anilines is 1. The van der Waals surface area contributed by atoms with E-state index in [-0.39, 0.29) is 30.2 Å². The van der Waals surface area contributed by atoms with Gasteiger partial charge < -0.3 is 20.3 Å². The van der Waals surface area contributed by atoms with Gasteiger partial charge >= 0.3 is 0 Å². The molecule has 174 valence electrons. The Morgan fingerprint density at radius 1 is 1.27 bits per heavy atom. The number of rotatable bonds is 4. The van der Waals surface area contributed by atoms with Gasteiger partial charge in [-0.2, -0.15) is 0 Å². The standard InChI is InChI=1S/C26H31N3O4/c1-6-24(2,3)26(14-17-22(31)29-13-7-8-18(29)21(30)27-17)16-9-10-19-15(20(16)28-23(26)32)11-12-25(4,5)33-19/h6,9-12,17-18H,1,7-8,13-14H2,2-5H3,(H,27,30)(H,28,32)/t17-,18-,26+/m1/s1. The topological polar surface area (TPSA) is 87.7 Å². The van der Waals surface area contributed by atoms with Crippen molar-refractivity contribution in [2.75, 3.05) is 11.9 Å². The molecule has 1 aromatic carbocycles. The monoisotopic (exact) mass is 449 g/mol. The van der Waals surface area contributed by atoms with E-state index >= 15 is 0 Å². The number of carbonyl (C=O) groups excluding carboxylic acids is 3. The van der Waals surface area contributed by atoms with Gasteiger partial charge in [-0.15, -0.1) is 6.58 Å². The number of ether oxygens (including phenoxy) is 1. The van der Waals surface area contributed by atoms with E-state index in [4.69, 9.17) is 4.74 Å². The summed E-state index contributed by atoms with van der Waals surface area (Å²) in [5, 5.41) is 6.02. The molecule has 0 aliphatic carbocycles. The minimum atomic E-state index is -1.08. The van der Waals surface area contributed by atoms with Gasteiger partial charge in [-0.3, -0.25) is 14.4 Å². The molecule has 7 nitrogen and oxygen atoms in total. The van der Waals surface area contributed by atoms with Gasteiger partial charge in [-0.1, -0.05) is 26.0 Å². The second kappa shape index (κ2) is 6.95. The highest BCUT2D eigenvalue weighted by Crippen LogP contribution is 2.55. The minimum absolute atomic E-state index is 0.111. The third-order valence-corrected chi connectivity index (χ3v) is 7.89. The molecule has 3 atom stereocenters. The van der Waals surface area contributed by atoms with E-state index in [1.807, 2.05) is 52.0 Å². The summed E-state index contributed by atoms with van der Waals surface area (Å²) in [5.41, 5.74) is 0.108. The maximum absolute atomic E-state index is 13.8. The maximum Gasteiger partial charge on any atom is 0.245 e. The van der Waals surface area contributed by atoms with Crippen molar-refractivity contribution < 1.29 is 19.1 Å². The minimum Gasteiger partial charge on any atom is -0.483 e. The number of allylic oxidation sites excluding steroid dienone is 1. The van der Waals surface area contributed by atoms with Gasteiger partial charge in [0.05, 0.1) is 11.1 Å². The first-order valence-electron chi connectivity index (χ1n) is 11.6. The lowest BCUT2D eigenvalue weighted by molar-refractivity contribution is -0.148. The molecule has 0 aromatic heterocycles. The first-order chi connectivity index (χ1) is 15.5. The number of piperazine rings is 1. The SMILES string of the molecule is C=CC(C)(C)[C@]1(C[C@H]2NC(=O)[C@H]3CCCN3C2=O)C(=O)Nc2c1ccc1c2C=CC(C)(C)O1. The lowest BCUT2D eigenvalue weighted by Crippen LogP contribution is -2.63. The number of carbonyl (C=O) groups is 3. The number of amides is 3. The summed E-state index contributed by atoms with van der Waals surface area (Å²) in [6, 6.07) is 2.65. The van der Waals surface area contributed by atoms with Crippen LogP contribution in [0.5, 0.6) is 5.75 Å². The van der Waals surface area contributed by atoms with Crippen molar-refractivity contribution >= 4 is 29.5 Å². The van der Waals surface area contributed by atoms with Crippen LogP contribution < -0.4 is 15.4 Å². The molecule has 33 heavy (non-hydrogen) atoms. The van der Waals surface area contributed by atoms with Gasteiger partial charge in [-0.25, -0.2) is 0 Å². The molecule has 2 saturated heterocycles. The van der Waals surface area contributed by atoms with E-state index in [1.54, 1.807) is 11.0 Å². The fourth-order valence-electron chi connectivity index (χ4n) is 5.85. The van der Waals surface area contributed by atoms with Crippen molar-refractivity contribution in [3.63, 3.8) is 0 Å². The Balaban J connectivity index is 1.62. The maximum atomic E-state index is 13.8. The molecule has 7 heteroatoms. The van der Waals surface area contributed by atoms with Gasteiger partial charge in [0.1, 0.15) is 23.4 Å². The lowest BCUT2D eigenvalue weighted by Gasteiger charge is -2.44. The van der Waals surface area contributed by atoms with Crippen LogP contribution in [0.15, 0.2) is 30.9 Å². The summed E-state index contributed by atoms with van der Waals surface area (Å²) in [6.45, 7) is 12.5. The summed E-state index contributed by atoms with van der Waals surface area (Å²) in [4.78, 5) is 41.6. The van der Waals surface area contributed by atoms with E-state index in [1.165, 1.54) is 0 Å². The van der Waals surface area contributed by atoms with Gasteiger partial charge in [0.25, 0.3) is 0 Å². The smallest absolute Gasteiger partial charge is 0.245 e. The van der Waals surface area contributed by atoms with Gasteiger partial charge in [0.2, 0.25) is 17.7 Å². The van der Waals surface area contributed by atoms with E-state index in [2.05, 4.69) is 17.2 Å². The van der Waals surface area contributed by atoms with Crippen LogP contribution in [0.3, 0.4) is 0 Å².